The molecule has 0 aliphatic carbocycles. The van der Waals surface area contributed by atoms with E-state index in [0.717, 1.165) is 31.4 Å². The van der Waals surface area contributed by atoms with Gasteiger partial charge in [-0.3, -0.25) is 15.0 Å². The maximum atomic E-state index is 11.7. The van der Waals surface area contributed by atoms with E-state index in [9.17, 15) is 9.59 Å². The van der Waals surface area contributed by atoms with Crippen molar-refractivity contribution in [1.29, 1.82) is 0 Å². The summed E-state index contributed by atoms with van der Waals surface area (Å²) >= 11 is 1.77. The quantitative estimate of drug-likeness (QED) is 0.901. The predicted octanol–water partition coefficient (Wildman–Crippen LogP) is 1.93. The summed E-state index contributed by atoms with van der Waals surface area (Å²) in [5.74, 6) is 0.202. The standard InChI is InChI=1S/C16H20N4O2S/c1-17-16(22)19-14(21)10-20-8-6-11(7-9-20)15-18-12-4-2-3-5-13(12)23-15/h2-5,11H,6-10H2,1H3,(H2,17,19,21,22). The van der Waals surface area contributed by atoms with Gasteiger partial charge in [-0.1, -0.05) is 12.1 Å². The lowest BCUT2D eigenvalue weighted by atomic mass is 9.97. The predicted molar refractivity (Wildman–Crippen MR) is 90.6 cm³/mol. The Kier molecular flexibility index (Phi) is 4.88. The Balaban J connectivity index is 1.54. The number of hydrogen-bond acceptors (Lipinski definition) is 5. The van der Waals surface area contributed by atoms with E-state index in [1.54, 1.807) is 11.3 Å². The number of amides is 3. The number of hydrogen-bond donors (Lipinski definition) is 2. The van der Waals surface area contributed by atoms with Gasteiger partial charge in [-0.25, -0.2) is 9.78 Å². The minimum Gasteiger partial charge on any atom is -0.341 e. The number of nitrogens with one attached hydrogen (secondary N) is 2. The molecule has 0 saturated carbocycles. The number of rotatable bonds is 3. The van der Waals surface area contributed by atoms with Crippen LogP contribution in [0.2, 0.25) is 0 Å². The monoisotopic (exact) mass is 332 g/mol. The van der Waals surface area contributed by atoms with Crippen molar-refractivity contribution in [2.24, 2.45) is 0 Å². The Bertz CT molecular complexity index is 674. The molecule has 2 heterocycles. The SMILES string of the molecule is CNC(=O)NC(=O)CN1CCC(c2nc3ccccc3s2)CC1. The molecule has 3 amide bonds. The topological polar surface area (TPSA) is 74.3 Å². The number of carbonyl (C=O) groups is 2. The second-order valence-corrected chi connectivity index (χ2v) is 6.76. The number of urea groups is 1. The Labute approximate surface area is 138 Å². The number of piperidine rings is 1. The molecule has 0 atom stereocenters. The van der Waals surface area contributed by atoms with E-state index >= 15 is 0 Å². The molecular weight excluding hydrogens is 312 g/mol. The third-order valence-electron chi connectivity index (χ3n) is 4.09. The second kappa shape index (κ2) is 7.06. The summed E-state index contributed by atoms with van der Waals surface area (Å²) < 4.78 is 1.23. The summed E-state index contributed by atoms with van der Waals surface area (Å²) in [6, 6.07) is 7.75. The number of imide groups is 1. The van der Waals surface area contributed by atoms with Crippen LogP contribution in [0.4, 0.5) is 4.79 Å². The van der Waals surface area contributed by atoms with Crippen LogP contribution in [0.3, 0.4) is 0 Å². The Morgan fingerprint density at radius 2 is 2.04 bits per heavy atom. The molecule has 2 aromatic rings. The largest absolute Gasteiger partial charge is 0.341 e. The molecule has 3 rings (SSSR count). The molecule has 0 radical (unpaired) electrons. The average molecular weight is 332 g/mol. The highest BCUT2D eigenvalue weighted by atomic mass is 32.1. The zero-order valence-electron chi connectivity index (χ0n) is 13.0. The summed E-state index contributed by atoms with van der Waals surface area (Å²) in [6.07, 6.45) is 1.99. The second-order valence-electron chi connectivity index (χ2n) is 5.70. The fraction of sp³-hybridized carbons (Fsp3) is 0.438. The number of para-hydroxylation sites is 1. The molecular formula is C16H20N4O2S. The van der Waals surface area contributed by atoms with E-state index in [1.165, 1.54) is 16.8 Å². The Hall–Kier alpha value is -1.99. The maximum absolute atomic E-state index is 11.7. The maximum Gasteiger partial charge on any atom is 0.321 e. The molecule has 1 aliphatic rings. The third kappa shape index (κ3) is 3.86. The lowest BCUT2D eigenvalue weighted by molar-refractivity contribution is -0.121. The number of nitrogens with zero attached hydrogens (tertiary/aromatic N) is 2. The van der Waals surface area contributed by atoms with Gasteiger partial charge in [0.2, 0.25) is 5.91 Å². The van der Waals surface area contributed by atoms with E-state index in [0.29, 0.717) is 5.92 Å². The fourth-order valence-corrected chi connectivity index (χ4v) is 3.97. The Morgan fingerprint density at radius 1 is 1.30 bits per heavy atom. The fourth-order valence-electron chi connectivity index (χ4n) is 2.83. The van der Waals surface area contributed by atoms with Crippen molar-refractivity contribution in [2.75, 3.05) is 26.7 Å². The van der Waals surface area contributed by atoms with E-state index in [2.05, 4.69) is 21.6 Å². The van der Waals surface area contributed by atoms with Gasteiger partial charge in [0.05, 0.1) is 21.8 Å². The first-order valence-corrected chi connectivity index (χ1v) is 8.56. The molecule has 7 heteroatoms. The summed E-state index contributed by atoms with van der Waals surface area (Å²) in [5, 5.41) is 5.87. The van der Waals surface area contributed by atoms with Gasteiger partial charge < -0.3 is 5.32 Å². The highest BCUT2D eigenvalue weighted by molar-refractivity contribution is 7.18. The van der Waals surface area contributed by atoms with Crippen molar-refractivity contribution in [3.63, 3.8) is 0 Å². The number of carbonyl (C=O) groups excluding carboxylic acids is 2. The normalized spacial score (nSPS) is 16.4. The van der Waals surface area contributed by atoms with Crippen molar-refractivity contribution in [3.8, 4) is 0 Å². The molecule has 1 fully saturated rings. The number of fused-ring (bicyclic) bond motifs is 1. The van der Waals surface area contributed by atoms with Crippen molar-refractivity contribution in [1.82, 2.24) is 20.5 Å². The smallest absolute Gasteiger partial charge is 0.321 e. The molecule has 6 nitrogen and oxygen atoms in total. The average Bonchev–Trinajstić information content (AvgIpc) is 2.99. The van der Waals surface area contributed by atoms with Gasteiger partial charge in [-0.05, 0) is 38.1 Å². The van der Waals surface area contributed by atoms with Crippen LogP contribution in [0, 0.1) is 0 Å². The lowest BCUT2D eigenvalue weighted by Crippen LogP contribution is -2.45. The van der Waals surface area contributed by atoms with Crippen LogP contribution < -0.4 is 10.6 Å². The van der Waals surface area contributed by atoms with Crippen molar-refractivity contribution >= 4 is 33.5 Å². The van der Waals surface area contributed by atoms with Gasteiger partial charge >= 0.3 is 6.03 Å². The first-order valence-electron chi connectivity index (χ1n) is 7.75. The number of thiazole rings is 1. The highest BCUT2D eigenvalue weighted by Crippen LogP contribution is 2.33. The molecule has 1 aliphatic heterocycles. The van der Waals surface area contributed by atoms with Crippen LogP contribution in [-0.2, 0) is 4.79 Å². The van der Waals surface area contributed by atoms with Crippen LogP contribution in [0.15, 0.2) is 24.3 Å². The first kappa shape index (κ1) is 15.9. The minimum absolute atomic E-state index is 0.261. The molecule has 1 saturated heterocycles. The van der Waals surface area contributed by atoms with Crippen LogP contribution in [0.1, 0.15) is 23.8 Å². The zero-order chi connectivity index (χ0) is 16.2. The van der Waals surface area contributed by atoms with Gasteiger partial charge in [0.25, 0.3) is 0 Å². The highest BCUT2D eigenvalue weighted by Gasteiger charge is 2.24. The molecule has 0 unspecified atom stereocenters. The van der Waals surface area contributed by atoms with Gasteiger partial charge in [0.15, 0.2) is 0 Å². The zero-order valence-corrected chi connectivity index (χ0v) is 13.9. The summed E-state index contributed by atoms with van der Waals surface area (Å²) in [7, 11) is 1.49. The molecule has 122 valence electrons. The third-order valence-corrected chi connectivity index (χ3v) is 5.29. The Morgan fingerprint density at radius 3 is 2.74 bits per heavy atom. The van der Waals surface area contributed by atoms with Crippen molar-refractivity contribution in [3.05, 3.63) is 29.3 Å². The molecule has 1 aromatic carbocycles. The van der Waals surface area contributed by atoms with E-state index in [1.807, 2.05) is 18.2 Å². The van der Waals surface area contributed by atoms with Gasteiger partial charge in [0.1, 0.15) is 0 Å². The van der Waals surface area contributed by atoms with Gasteiger partial charge in [-0.15, -0.1) is 11.3 Å². The van der Waals surface area contributed by atoms with Crippen LogP contribution in [0.5, 0.6) is 0 Å². The lowest BCUT2D eigenvalue weighted by Gasteiger charge is -2.30. The summed E-state index contributed by atoms with van der Waals surface area (Å²) in [6.45, 7) is 1.96. The van der Waals surface area contributed by atoms with Gasteiger partial charge in [0, 0.05) is 13.0 Å². The van der Waals surface area contributed by atoms with Gasteiger partial charge in [-0.2, -0.15) is 0 Å². The van der Waals surface area contributed by atoms with Crippen LogP contribution in [-0.4, -0.2) is 48.5 Å². The molecule has 1 aromatic heterocycles. The van der Waals surface area contributed by atoms with Crippen LogP contribution >= 0.6 is 11.3 Å². The number of aromatic nitrogens is 1. The number of likely N-dealkylation sites (tertiary alicyclic amines) is 1. The van der Waals surface area contributed by atoms with Crippen LogP contribution in [0.25, 0.3) is 10.2 Å². The van der Waals surface area contributed by atoms with E-state index in [-0.39, 0.29) is 12.5 Å². The minimum atomic E-state index is -0.459. The number of benzene rings is 1. The summed E-state index contributed by atoms with van der Waals surface area (Å²) in [5.41, 5.74) is 1.07. The van der Waals surface area contributed by atoms with E-state index in [4.69, 9.17) is 4.98 Å². The molecule has 0 bridgehead atoms. The van der Waals surface area contributed by atoms with Crippen molar-refractivity contribution < 1.29 is 9.59 Å². The van der Waals surface area contributed by atoms with Crippen molar-refractivity contribution in [2.45, 2.75) is 18.8 Å². The molecule has 23 heavy (non-hydrogen) atoms. The molecule has 2 N–H and O–H groups in total. The summed E-state index contributed by atoms with van der Waals surface area (Å²) in [4.78, 5) is 29.7. The van der Waals surface area contributed by atoms with E-state index < -0.39 is 6.03 Å². The molecule has 0 spiro atoms. The first-order chi connectivity index (χ1) is 11.2.